The van der Waals surface area contributed by atoms with E-state index in [0.717, 1.165) is 24.1 Å². The summed E-state index contributed by atoms with van der Waals surface area (Å²) in [7, 11) is 1.34. The van der Waals surface area contributed by atoms with Gasteiger partial charge >= 0.3 is 5.97 Å². The van der Waals surface area contributed by atoms with Crippen molar-refractivity contribution in [3.63, 3.8) is 0 Å². The number of hydrogen-bond donors (Lipinski definition) is 1. The van der Waals surface area contributed by atoms with Crippen molar-refractivity contribution >= 4 is 17.5 Å². The van der Waals surface area contributed by atoms with Crippen molar-refractivity contribution in [3.05, 3.63) is 41.1 Å². The van der Waals surface area contributed by atoms with Gasteiger partial charge in [0.2, 0.25) is 0 Å². The number of carbonyl (C=O) groups is 2. The molecule has 0 fully saturated rings. The average Bonchev–Trinajstić information content (AvgIpc) is 2.53. The van der Waals surface area contributed by atoms with Crippen LogP contribution in [0.4, 0.5) is 0 Å². The van der Waals surface area contributed by atoms with Crippen molar-refractivity contribution in [2.75, 3.05) is 7.11 Å². The molecule has 0 aromatic heterocycles. The molecule has 1 aromatic rings. The topological polar surface area (TPSA) is 76.0 Å². The number of carbonyl (C=O) groups excluding carboxylic acids is 2. The highest BCUT2D eigenvalue weighted by molar-refractivity contribution is 6.08. The van der Waals surface area contributed by atoms with Crippen LogP contribution in [-0.4, -0.2) is 29.7 Å². The number of allylic oxidation sites excluding steroid dienone is 2. The van der Waals surface area contributed by atoms with Gasteiger partial charge in [0, 0.05) is 29.3 Å². The van der Waals surface area contributed by atoms with Crippen molar-refractivity contribution < 1.29 is 19.4 Å². The van der Waals surface area contributed by atoms with Crippen LogP contribution < -0.4 is 0 Å². The number of ketones is 1. The van der Waals surface area contributed by atoms with Crippen LogP contribution in [0.2, 0.25) is 0 Å². The summed E-state index contributed by atoms with van der Waals surface area (Å²) >= 11 is 0. The molecule has 1 N–H and O–H groups in total. The monoisotopic (exact) mass is 313 g/mol. The van der Waals surface area contributed by atoms with Gasteiger partial charge in [-0.05, 0) is 37.5 Å². The highest BCUT2D eigenvalue weighted by Crippen LogP contribution is 2.43. The highest BCUT2D eigenvalue weighted by atomic mass is 16.5. The van der Waals surface area contributed by atoms with E-state index in [1.165, 1.54) is 7.11 Å². The third-order valence-electron chi connectivity index (χ3n) is 4.52. The van der Waals surface area contributed by atoms with Gasteiger partial charge in [-0.15, -0.1) is 0 Å². The Balaban J connectivity index is 2.19. The Morgan fingerprint density at radius 3 is 2.83 bits per heavy atom. The minimum Gasteiger partial charge on any atom is -0.508 e. The standard InChI is InChI=1S/C18H19NO4/c1-10-15(18(22)23-2)16(11-5-3-6-12(20)9-11)17-13(19-10)7-4-8-14(17)21/h3,5-6,9,15-16,20H,4,7-8H2,1-2H3. The summed E-state index contributed by atoms with van der Waals surface area (Å²) in [6, 6.07) is 6.71. The number of phenols is 1. The maximum Gasteiger partial charge on any atom is 0.315 e. The molecule has 0 bridgehead atoms. The molecule has 2 unspecified atom stereocenters. The molecule has 2 aliphatic rings. The Morgan fingerprint density at radius 1 is 1.35 bits per heavy atom. The Bertz CT molecular complexity index is 732. The molecule has 3 rings (SSSR count). The number of rotatable bonds is 2. The molecule has 0 amide bonds. The maximum atomic E-state index is 12.5. The van der Waals surface area contributed by atoms with E-state index in [2.05, 4.69) is 4.99 Å². The van der Waals surface area contributed by atoms with Gasteiger partial charge in [-0.2, -0.15) is 0 Å². The average molecular weight is 313 g/mol. The van der Waals surface area contributed by atoms with Gasteiger partial charge in [0.05, 0.1) is 7.11 Å². The zero-order valence-corrected chi connectivity index (χ0v) is 13.2. The second-order valence-electron chi connectivity index (χ2n) is 5.96. The summed E-state index contributed by atoms with van der Waals surface area (Å²) in [5.74, 6) is -1.36. The van der Waals surface area contributed by atoms with Crippen LogP contribution in [0.15, 0.2) is 40.5 Å². The molecular formula is C18H19NO4. The number of methoxy groups -OCH3 is 1. The molecule has 5 nitrogen and oxygen atoms in total. The summed E-state index contributed by atoms with van der Waals surface area (Å²) in [5, 5.41) is 9.81. The molecule has 1 aliphatic heterocycles. The van der Waals surface area contributed by atoms with Crippen LogP contribution in [0.25, 0.3) is 0 Å². The van der Waals surface area contributed by atoms with E-state index in [1.807, 2.05) is 6.07 Å². The summed E-state index contributed by atoms with van der Waals surface area (Å²) in [5.41, 5.74) is 2.76. The van der Waals surface area contributed by atoms with Crippen LogP contribution in [0.1, 0.15) is 37.7 Å². The lowest BCUT2D eigenvalue weighted by molar-refractivity contribution is -0.143. The van der Waals surface area contributed by atoms with Gasteiger partial charge in [0.15, 0.2) is 5.78 Å². The van der Waals surface area contributed by atoms with Gasteiger partial charge in [-0.3, -0.25) is 14.6 Å². The Kier molecular flexibility index (Phi) is 4.03. The van der Waals surface area contributed by atoms with Crippen molar-refractivity contribution in [1.82, 2.24) is 0 Å². The number of aromatic hydroxyl groups is 1. The normalized spacial score (nSPS) is 24.1. The molecule has 5 heteroatoms. The molecule has 0 saturated carbocycles. The van der Waals surface area contributed by atoms with Crippen LogP contribution in [-0.2, 0) is 14.3 Å². The Morgan fingerprint density at radius 2 is 2.13 bits per heavy atom. The Hall–Kier alpha value is -2.43. The molecule has 0 saturated heterocycles. The van der Waals surface area contributed by atoms with Gasteiger partial charge in [-0.1, -0.05) is 12.1 Å². The lowest BCUT2D eigenvalue weighted by atomic mass is 9.72. The number of phenolic OH excluding ortho intramolecular Hbond substituents is 1. The molecule has 0 radical (unpaired) electrons. The first-order valence-electron chi connectivity index (χ1n) is 7.71. The van der Waals surface area contributed by atoms with E-state index in [0.29, 0.717) is 17.7 Å². The largest absolute Gasteiger partial charge is 0.508 e. The summed E-state index contributed by atoms with van der Waals surface area (Å²) in [6.07, 6.45) is 1.99. The molecule has 120 valence electrons. The van der Waals surface area contributed by atoms with Crippen molar-refractivity contribution in [1.29, 1.82) is 0 Å². The second kappa shape index (κ2) is 5.99. The fourth-order valence-corrected chi connectivity index (χ4v) is 3.52. The molecule has 2 atom stereocenters. The Labute approximate surface area is 134 Å². The zero-order valence-electron chi connectivity index (χ0n) is 13.2. The number of benzene rings is 1. The molecular weight excluding hydrogens is 294 g/mol. The smallest absolute Gasteiger partial charge is 0.315 e. The predicted molar refractivity (Wildman–Crippen MR) is 85.3 cm³/mol. The fraction of sp³-hybridized carbons (Fsp3) is 0.389. The van der Waals surface area contributed by atoms with Crippen molar-refractivity contribution in [2.45, 2.75) is 32.1 Å². The summed E-state index contributed by atoms with van der Waals surface area (Å²) in [6.45, 7) is 1.79. The first kappa shape index (κ1) is 15.5. The van der Waals surface area contributed by atoms with Gasteiger partial charge < -0.3 is 9.84 Å². The third-order valence-corrected chi connectivity index (χ3v) is 4.52. The fourth-order valence-electron chi connectivity index (χ4n) is 3.52. The first-order valence-corrected chi connectivity index (χ1v) is 7.71. The van der Waals surface area contributed by atoms with E-state index in [4.69, 9.17) is 4.74 Å². The van der Waals surface area contributed by atoms with Gasteiger partial charge in [-0.25, -0.2) is 0 Å². The van der Waals surface area contributed by atoms with Gasteiger partial charge in [0.25, 0.3) is 0 Å². The molecule has 1 aromatic carbocycles. The van der Waals surface area contributed by atoms with E-state index >= 15 is 0 Å². The molecule has 1 aliphatic carbocycles. The maximum absolute atomic E-state index is 12.5. The minimum absolute atomic E-state index is 0.0322. The van der Waals surface area contributed by atoms with Gasteiger partial charge in [0.1, 0.15) is 11.7 Å². The molecule has 23 heavy (non-hydrogen) atoms. The minimum atomic E-state index is -0.636. The number of esters is 1. The zero-order chi connectivity index (χ0) is 16.6. The number of aliphatic imine (C=N–C) groups is 1. The number of Topliss-reactive ketones (excluding diaryl/α,β-unsaturated/α-hetero) is 1. The third kappa shape index (κ3) is 2.67. The number of hydrogen-bond acceptors (Lipinski definition) is 5. The summed E-state index contributed by atoms with van der Waals surface area (Å²) < 4.78 is 4.94. The second-order valence-corrected chi connectivity index (χ2v) is 5.96. The van der Waals surface area contributed by atoms with Crippen LogP contribution in [0.3, 0.4) is 0 Å². The quantitative estimate of drug-likeness (QED) is 0.852. The lowest BCUT2D eigenvalue weighted by Gasteiger charge is -2.34. The van der Waals surface area contributed by atoms with E-state index in [9.17, 15) is 14.7 Å². The SMILES string of the molecule is COC(=O)C1C(C)=NC2=C(C(=O)CCC2)C1c1cccc(O)c1. The predicted octanol–water partition coefficient (Wildman–Crippen LogP) is 2.75. The number of ether oxygens (including phenoxy) is 1. The van der Waals surface area contributed by atoms with Crippen molar-refractivity contribution in [2.24, 2.45) is 10.9 Å². The molecule has 1 heterocycles. The lowest BCUT2D eigenvalue weighted by Crippen LogP contribution is -2.36. The van der Waals surface area contributed by atoms with E-state index in [1.54, 1.807) is 25.1 Å². The molecule has 0 spiro atoms. The van der Waals surface area contributed by atoms with Crippen molar-refractivity contribution in [3.8, 4) is 5.75 Å². The first-order chi connectivity index (χ1) is 11.0. The van der Waals surface area contributed by atoms with Crippen LogP contribution in [0.5, 0.6) is 5.75 Å². The highest BCUT2D eigenvalue weighted by Gasteiger charge is 2.42. The summed E-state index contributed by atoms with van der Waals surface area (Å²) in [4.78, 5) is 29.4. The van der Waals surface area contributed by atoms with E-state index in [-0.39, 0.29) is 11.5 Å². The van der Waals surface area contributed by atoms with Crippen LogP contribution in [0, 0.1) is 5.92 Å². The number of nitrogens with zero attached hydrogens (tertiary/aromatic N) is 1. The van der Waals surface area contributed by atoms with Crippen LogP contribution >= 0.6 is 0 Å². The van der Waals surface area contributed by atoms with E-state index < -0.39 is 17.8 Å².